The van der Waals surface area contributed by atoms with Crippen LogP contribution in [0.5, 0.6) is 0 Å². The summed E-state index contributed by atoms with van der Waals surface area (Å²) in [5, 5.41) is 12.1. The Bertz CT molecular complexity index is 318. The second-order valence-corrected chi connectivity index (χ2v) is 2.10. The van der Waals surface area contributed by atoms with Crippen LogP contribution in [0.1, 0.15) is 8.44 Å². The molecule has 1 N–H and O–H groups in total. The lowest BCUT2D eigenvalue weighted by Gasteiger charge is -2.08. The molecular weight excluding hydrogens is 173 g/mol. The number of alkyl halides is 3. The van der Waals surface area contributed by atoms with Crippen molar-refractivity contribution in [3.8, 4) is 0 Å². The van der Waals surface area contributed by atoms with Crippen LogP contribution in [0, 0.1) is 0 Å². The van der Waals surface area contributed by atoms with Crippen LogP contribution in [-0.2, 0) is 13.1 Å². The van der Waals surface area contributed by atoms with Crippen molar-refractivity contribution in [1.29, 1.82) is 0 Å². The molecule has 0 fully saturated rings. The van der Waals surface area contributed by atoms with Crippen molar-refractivity contribution in [3.05, 3.63) is 18.0 Å². The van der Waals surface area contributed by atoms with Gasteiger partial charge < -0.3 is 5.11 Å². The molecule has 0 saturated heterocycles. The van der Waals surface area contributed by atoms with Gasteiger partial charge in [-0.05, 0) is 6.07 Å². The molecule has 0 aromatic carbocycles. The summed E-state index contributed by atoms with van der Waals surface area (Å²) in [7, 11) is 0. The average Bonchev–Trinajstić information content (AvgIpc) is 2.29. The topological polar surface area (TPSA) is 38.1 Å². The molecule has 0 aliphatic rings. The van der Waals surface area contributed by atoms with Crippen LogP contribution in [0.2, 0.25) is 0 Å². The minimum atomic E-state index is -4.49. The molecule has 1 heterocycles. The van der Waals surface area contributed by atoms with Crippen LogP contribution in [-0.4, -0.2) is 21.1 Å². The van der Waals surface area contributed by atoms with E-state index in [9.17, 15) is 13.2 Å². The van der Waals surface area contributed by atoms with Gasteiger partial charge in [0.05, 0.1) is 15.0 Å². The average molecular weight is 182 g/mol. The third-order valence-corrected chi connectivity index (χ3v) is 1.16. The van der Waals surface area contributed by atoms with E-state index in [0.717, 1.165) is 12.3 Å². The van der Waals surface area contributed by atoms with Gasteiger partial charge in [0.2, 0.25) is 0 Å². The normalized spacial score (nSPS) is 15.7. The molecule has 6 heteroatoms. The highest BCUT2D eigenvalue weighted by atomic mass is 19.4. The highest BCUT2D eigenvalue weighted by Crippen LogP contribution is 2.17. The van der Waals surface area contributed by atoms with Gasteiger partial charge in [-0.15, -0.1) is 0 Å². The van der Waals surface area contributed by atoms with Crippen LogP contribution < -0.4 is 0 Å². The van der Waals surface area contributed by atoms with Crippen LogP contribution in [0.4, 0.5) is 13.2 Å². The molecule has 0 bridgehead atoms. The van der Waals surface area contributed by atoms with Crippen LogP contribution in [0.15, 0.2) is 12.3 Å². The highest BCUT2D eigenvalue weighted by Gasteiger charge is 2.29. The number of rotatable bonds is 2. The SMILES string of the molecule is [2H]C([2H])(O)c1ccnn1CC(F)(F)F. The zero-order valence-electron chi connectivity index (χ0n) is 7.84. The number of hydrogen-bond acceptors (Lipinski definition) is 2. The van der Waals surface area contributed by atoms with Gasteiger partial charge in [-0.1, -0.05) is 0 Å². The highest BCUT2D eigenvalue weighted by molar-refractivity contribution is 4.98. The second kappa shape index (κ2) is 3.14. The molecule has 0 aliphatic carbocycles. The minimum Gasteiger partial charge on any atom is -0.390 e. The molecule has 68 valence electrons. The third-order valence-electron chi connectivity index (χ3n) is 1.16. The monoisotopic (exact) mass is 182 g/mol. The van der Waals surface area contributed by atoms with Crippen molar-refractivity contribution in [1.82, 2.24) is 9.78 Å². The molecule has 0 atom stereocenters. The molecule has 0 saturated carbocycles. The predicted molar refractivity (Wildman–Crippen MR) is 34.2 cm³/mol. The molecular formula is C6H7F3N2O. The number of aliphatic hydroxyl groups is 1. The quantitative estimate of drug-likeness (QED) is 0.739. The molecule has 0 radical (unpaired) electrons. The number of nitrogens with zero attached hydrogens (tertiary/aromatic N) is 2. The van der Waals surface area contributed by atoms with Crippen LogP contribution in [0.3, 0.4) is 0 Å². The third kappa shape index (κ3) is 2.23. The summed E-state index contributed by atoms with van der Waals surface area (Å²) in [4.78, 5) is 0. The Morgan fingerprint density at radius 1 is 1.67 bits per heavy atom. The van der Waals surface area contributed by atoms with Gasteiger partial charge in [0, 0.05) is 6.20 Å². The van der Waals surface area contributed by atoms with Crippen LogP contribution in [0.25, 0.3) is 0 Å². The lowest BCUT2D eigenvalue weighted by molar-refractivity contribution is -0.143. The van der Waals surface area contributed by atoms with Gasteiger partial charge in [-0.25, -0.2) is 0 Å². The van der Waals surface area contributed by atoms with Crippen molar-refractivity contribution in [2.45, 2.75) is 19.3 Å². The summed E-state index contributed by atoms with van der Waals surface area (Å²) >= 11 is 0. The summed E-state index contributed by atoms with van der Waals surface area (Å²) < 4.78 is 49.8. The van der Waals surface area contributed by atoms with E-state index >= 15 is 0 Å². The Labute approximate surface area is 69.2 Å². The van der Waals surface area contributed by atoms with E-state index in [2.05, 4.69) is 5.10 Å². The summed E-state index contributed by atoms with van der Waals surface area (Å²) in [6.07, 6.45) is -3.50. The van der Waals surface area contributed by atoms with Gasteiger partial charge in [-0.3, -0.25) is 4.68 Å². The molecule has 1 aromatic heterocycles. The molecule has 0 amide bonds. The lowest BCUT2D eigenvalue weighted by atomic mass is 10.4. The molecule has 0 spiro atoms. The van der Waals surface area contributed by atoms with Crippen molar-refractivity contribution in [2.75, 3.05) is 0 Å². The van der Waals surface area contributed by atoms with Gasteiger partial charge in [0.25, 0.3) is 0 Å². The van der Waals surface area contributed by atoms with E-state index in [4.69, 9.17) is 7.85 Å². The fourth-order valence-corrected chi connectivity index (χ4v) is 0.723. The maximum Gasteiger partial charge on any atom is 0.408 e. The molecule has 1 rings (SSSR count). The zero-order valence-corrected chi connectivity index (χ0v) is 5.84. The van der Waals surface area contributed by atoms with Crippen molar-refractivity contribution in [2.24, 2.45) is 0 Å². The van der Waals surface area contributed by atoms with Crippen LogP contribution >= 0.6 is 0 Å². The molecule has 0 unspecified atom stereocenters. The van der Waals surface area contributed by atoms with Crippen molar-refractivity contribution < 1.29 is 21.0 Å². The Kier molecular flexibility index (Phi) is 1.69. The predicted octanol–water partition coefficient (Wildman–Crippen LogP) is 0.938. The fraction of sp³-hybridized carbons (Fsp3) is 0.500. The Balaban J connectivity index is 2.95. The van der Waals surface area contributed by atoms with E-state index < -0.39 is 25.0 Å². The maximum atomic E-state index is 11.9. The fourth-order valence-electron chi connectivity index (χ4n) is 0.723. The first-order chi connectivity index (χ1) is 6.20. The number of halogens is 3. The Morgan fingerprint density at radius 3 is 2.83 bits per heavy atom. The maximum absolute atomic E-state index is 11.9. The Morgan fingerprint density at radius 2 is 2.33 bits per heavy atom. The number of aromatic nitrogens is 2. The smallest absolute Gasteiger partial charge is 0.390 e. The first-order valence-corrected chi connectivity index (χ1v) is 3.01. The van der Waals surface area contributed by atoms with Gasteiger partial charge in [0.15, 0.2) is 0 Å². The molecule has 12 heavy (non-hydrogen) atoms. The summed E-state index contributed by atoms with van der Waals surface area (Å²) in [6.45, 7) is -4.24. The summed E-state index contributed by atoms with van der Waals surface area (Å²) in [6, 6.07) is 0.992. The standard InChI is InChI=1S/C6H7F3N2O/c7-6(8,9)4-11-5(3-12)1-2-10-11/h1-2,12H,3-4H2/i3D2. The lowest BCUT2D eigenvalue weighted by Crippen LogP contribution is -2.20. The summed E-state index contributed by atoms with van der Waals surface area (Å²) in [5.41, 5.74) is -0.519. The van der Waals surface area contributed by atoms with Gasteiger partial charge in [-0.2, -0.15) is 18.3 Å². The van der Waals surface area contributed by atoms with E-state index in [1.807, 2.05) is 0 Å². The van der Waals surface area contributed by atoms with Crippen molar-refractivity contribution >= 4 is 0 Å². The minimum absolute atomic E-state index is 0.375. The van der Waals surface area contributed by atoms with Gasteiger partial charge >= 0.3 is 6.18 Å². The summed E-state index contributed by atoms with van der Waals surface area (Å²) in [5.74, 6) is 0. The largest absolute Gasteiger partial charge is 0.408 e. The molecule has 1 aromatic rings. The van der Waals surface area contributed by atoms with E-state index in [1.165, 1.54) is 0 Å². The zero-order chi connectivity index (χ0) is 11.0. The molecule has 0 aliphatic heterocycles. The van der Waals surface area contributed by atoms with E-state index in [-0.39, 0.29) is 0 Å². The van der Waals surface area contributed by atoms with E-state index in [1.54, 1.807) is 0 Å². The first kappa shape index (κ1) is 6.47. The Hall–Kier alpha value is -1.04. The van der Waals surface area contributed by atoms with Gasteiger partial charge in [0.1, 0.15) is 6.54 Å². The number of hydrogen-bond donors (Lipinski definition) is 1. The molecule has 3 nitrogen and oxygen atoms in total. The first-order valence-electron chi connectivity index (χ1n) is 4.01. The second-order valence-electron chi connectivity index (χ2n) is 2.10. The van der Waals surface area contributed by atoms with Crippen molar-refractivity contribution in [3.63, 3.8) is 0 Å². The van der Waals surface area contributed by atoms with E-state index in [0.29, 0.717) is 4.68 Å².